The Bertz CT molecular complexity index is 984. The minimum atomic E-state index is -0.411. The van der Waals surface area contributed by atoms with Gasteiger partial charge in [0, 0.05) is 42.9 Å². The molecule has 1 fully saturated rings. The zero-order chi connectivity index (χ0) is 18.8. The van der Waals surface area contributed by atoms with E-state index in [-0.39, 0.29) is 17.5 Å². The van der Waals surface area contributed by atoms with Gasteiger partial charge in [-0.15, -0.1) is 0 Å². The van der Waals surface area contributed by atoms with Crippen molar-refractivity contribution in [2.75, 3.05) is 16.8 Å². The van der Waals surface area contributed by atoms with Crippen molar-refractivity contribution in [2.24, 2.45) is 0 Å². The number of hydrogen-bond donors (Lipinski definition) is 1. The lowest BCUT2D eigenvalue weighted by molar-refractivity contribution is -0.117. The van der Waals surface area contributed by atoms with Crippen LogP contribution in [-0.4, -0.2) is 28.5 Å². The summed E-state index contributed by atoms with van der Waals surface area (Å²) in [7, 11) is 0. The first-order valence-corrected chi connectivity index (χ1v) is 8.66. The number of nitrogens with zero attached hydrogens (tertiary/aromatic N) is 3. The van der Waals surface area contributed by atoms with Gasteiger partial charge in [-0.3, -0.25) is 9.59 Å². The van der Waals surface area contributed by atoms with E-state index >= 15 is 0 Å². The summed E-state index contributed by atoms with van der Waals surface area (Å²) in [5.74, 6) is 0.708. The van der Waals surface area contributed by atoms with Crippen LogP contribution in [0.5, 0.6) is 0 Å². The maximum absolute atomic E-state index is 12.5. The van der Waals surface area contributed by atoms with E-state index in [2.05, 4.69) is 15.5 Å². The standard InChI is InChI=1S/C20H18N4O3/c1-13-9-17(23-27-13)20(26)22-18-11-16(7-8-21-18)24-12-15(10-19(24)25)14-5-3-2-4-6-14/h2-9,11,15H,10,12H2,1H3,(H,21,22,26)/t15-/m0/s1. The average Bonchev–Trinajstić information content (AvgIpc) is 3.29. The maximum Gasteiger partial charge on any atom is 0.279 e. The lowest BCUT2D eigenvalue weighted by Crippen LogP contribution is -2.24. The Kier molecular flexibility index (Phi) is 4.42. The molecule has 0 spiro atoms. The van der Waals surface area contributed by atoms with Crippen LogP contribution in [0.3, 0.4) is 0 Å². The second kappa shape index (κ2) is 7.03. The van der Waals surface area contributed by atoms with Gasteiger partial charge in [-0.2, -0.15) is 0 Å². The average molecular weight is 362 g/mol. The van der Waals surface area contributed by atoms with Crippen molar-refractivity contribution < 1.29 is 14.1 Å². The van der Waals surface area contributed by atoms with Crippen LogP contribution in [0.1, 0.15) is 34.2 Å². The molecule has 0 saturated carbocycles. The summed E-state index contributed by atoms with van der Waals surface area (Å²) in [6, 6.07) is 15.0. The molecule has 3 heterocycles. The van der Waals surface area contributed by atoms with Gasteiger partial charge in [0.1, 0.15) is 11.6 Å². The molecule has 1 N–H and O–H groups in total. The van der Waals surface area contributed by atoms with Crippen LogP contribution in [-0.2, 0) is 4.79 Å². The SMILES string of the molecule is Cc1cc(C(=O)Nc2cc(N3C[C@@H](c4ccccc4)CC3=O)ccn2)no1. The summed E-state index contributed by atoms with van der Waals surface area (Å²) in [5, 5.41) is 6.37. The van der Waals surface area contributed by atoms with E-state index in [9.17, 15) is 9.59 Å². The van der Waals surface area contributed by atoms with Crippen LogP contribution in [0, 0.1) is 6.92 Å². The van der Waals surface area contributed by atoms with Crippen molar-refractivity contribution in [3.05, 3.63) is 71.7 Å². The van der Waals surface area contributed by atoms with Crippen molar-refractivity contribution in [3.8, 4) is 0 Å². The molecule has 1 atom stereocenters. The van der Waals surface area contributed by atoms with Gasteiger partial charge in [-0.05, 0) is 18.6 Å². The van der Waals surface area contributed by atoms with E-state index < -0.39 is 5.91 Å². The third-order valence-corrected chi connectivity index (χ3v) is 4.55. The summed E-state index contributed by atoms with van der Waals surface area (Å²) < 4.78 is 4.91. The lowest BCUT2D eigenvalue weighted by atomic mass is 9.99. The third-order valence-electron chi connectivity index (χ3n) is 4.55. The Labute approximate surface area is 156 Å². The molecule has 1 aromatic carbocycles. The monoisotopic (exact) mass is 362 g/mol. The second-order valence-electron chi connectivity index (χ2n) is 6.49. The van der Waals surface area contributed by atoms with Gasteiger partial charge in [0.25, 0.3) is 5.91 Å². The maximum atomic E-state index is 12.5. The molecule has 0 unspecified atom stereocenters. The van der Waals surface area contributed by atoms with E-state index in [1.165, 1.54) is 0 Å². The number of carbonyl (C=O) groups excluding carboxylic acids is 2. The first-order chi connectivity index (χ1) is 13.1. The normalized spacial score (nSPS) is 16.6. The predicted octanol–water partition coefficient (Wildman–Crippen LogP) is 3.15. The molecule has 1 aliphatic rings. The van der Waals surface area contributed by atoms with Crippen LogP contribution in [0.25, 0.3) is 0 Å². The number of aryl methyl sites for hydroxylation is 1. The highest BCUT2D eigenvalue weighted by atomic mass is 16.5. The van der Waals surface area contributed by atoms with E-state index in [1.54, 1.807) is 36.2 Å². The number of carbonyl (C=O) groups is 2. The van der Waals surface area contributed by atoms with Crippen molar-refractivity contribution >= 4 is 23.3 Å². The molecule has 0 bridgehead atoms. The third kappa shape index (κ3) is 3.57. The summed E-state index contributed by atoms with van der Waals surface area (Å²) in [4.78, 5) is 30.6. The highest BCUT2D eigenvalue weighted by Crippen LogP contribution is 2.32. The zero-order valence-corrected chi connectivity index (χ0v) is 14.8. The minimum Gasteiger partial charge on any atom is -0.361 e. The molecule has 4 rings (SSSR count). The number of nitrogens with one attached hydrogen (secondary N) is 1. The summed E-state index contributed by atoms with van der Waals surface area (Å²) in [6.07, 6.45) is 2.04. The van der Waals surface area contributed by atoms with Crippen molar-refractivity contribution in [1.82, 2.24) is 10.1 Å². The van der Waals surface area contributed by atoms with Crippen LogP contribution >= 0.6 is 0 Å². The highest BCUT2D eigenvalue weighted by Gasteiger charge is 2.31. The lowest BCUT2D eigenvalue weighted by Gasteiger charge is -2.17. The molecule has 27 heavy (non-hydrogen) atoms. The Balaban J connectivity index is 1.50. The number of anilines is 2. The number of benzene rings is 1. The van der Waals surface area contributed by atoms with Gasteiger partial charge in [-0.1, -0.05) is 35.5 Å². The fourth-order valence-corrected chi connectivity index (χ4v) is 3.22. The van der Waals surface area contributed by atoms with Gasteiger partial charge >= 0.3 is 0 Å². The number of aromatic nitrogens is 2. The fraction of sp³-hybridized carbons (Fsp3) is 0.200. The summed E-state index contributed by atoms with van der Waals surface area (Å²) in [6.45, 7) is 2.31. The minimum absolute atomic E-state index is 0.0551. The second-order valence-corrected chi connectivity index (χ2v) is 6.49. The molecule has 1 aliphatic heterocycles. The van der Waals surface area contributed by atoms with E-state index in [4.69, 9.17) is 4.52 Å². The predicted molar refractivity (Wildman–Crippen MR) is 99.6 cm³/mol. The Morgan fingerprint density at radius 2 is 2.04 bits per heavy atom. The molecule has 2 aromatic heterocycles. The first kappa shape index (κ1) is 17.0. The fourth-order valence-electron chi connectivity index (χ4n) is 3.22. The molecule has 2 amide bonds. The number of hydrogen-bond acceptors (Lipinski definition) is 5. The topological polar surface area (TPSA) is 88.3 Å². The Morgan fingerprint density at radius 3 is 2.78 bits per heavy atom. The quantitative estimate of drug-likeness (QED) is 0.770. The summed E-state index contributed by atoms with van der Waals surface area (Å²) >= 11 is 0. The molecular weight excluding hydrogens is 344 g/mol. The van der Waals surface area contributed by atoms with Crippen LogP contribution < -0.4 is 10.2 Å². The Morgan fingerprint density at radius 1 is 1.22 bits per heavy atom. The largest absolute Gasteiger partial charge is 0.361 e. The summed E-state index contributed by atoms with van der Waals surface area (Å²) in [5.41, 5.74) is 2.04. The zero-order valence-electron chi connectivity index (χ0n) is 14.8. The molecule has 0 radical (unpaired) electrons. The van der Waals surface area contributed by atoms with Crippen LogP contribution in [0.4, 0.5) is 11.5 Å². The van der Waals surface area contributed by atoms with E-state index in [1.807, 2.05) is 30.3 Å². The number of rotatable bonds is 4. The molecule has 7 nitrogen and oxygen atoms in total. The van der Waals surface area contributed by atoms with Gasteiger partial charge in [0.05, 0.1) is 0 Å². The first-order valence-electron chi connectivity index (χ1n) is 8.66. The molecule has 1 saturated heterocycles. The van der Waals surface area contributed by atoms with Crippen molar-refractivity contribution in [3.63, 3.8) is 0 Å². The number of amides is 2. The van der Waals surface area contributed by atoms with Crippen molar-refractivity contribution in [2.45, 2.75) is 19.3 Å². The van der Waals surface area contributed by atoms with E-state index in [0.717, 1.165) is 5.56 Å². The number of pyridine rings is 1. The smallest absolute Gasteiger partial charge is 0.279 e. The molecule has 3 aromatic rings. The molecule has 0 aliphatic carbocycles. The van der Waals surface area contributed by atoms with Gasteiger partial charge in [-0.25, -0.2) is 4.98 Å². The molecule has 136 valence electrons. The molecule has 7 heteroatoms. The van der Waals surface area contributed by atoms with Gasteiger partial charge < -0.3 is 14.7 Å². The van der Waals surface area contributed by atoms with Crippen molar-refractivity contribution in [1.29, 1.82) is 0 Å². The van der Waals surface area contributed by atoms with Gasteiger partial charge in [0.15, 0.2) is 5.69 Å². The Hall–Kier alpha value is -3.48. The van der Waals surface area contributed by atoms with Gasteiger partial charge in [0.2, 0.25) is 5.91 Å². The van der Waals surface area contributed by atoms with Crippen LogP contribution in [0.2, 0.25) is 0 Å². The highest BCUT2D eigenvalue weighted by molar-refractivity contribution is 6.03. The van der Waals surface area contributed by atoms with E-state index in [0.29, 0.717) is 30.2 Å². The van der Waals surface area contributed by atoms with Crippen LogP contribution in [0.15, 0.2) is 59.3 Å². The molecular formula is C20H18N4O3.